The number of benzene rings is 1. The summed E-state index contributed by atoms with van der Waals surface area (Å²) in [4.78, 5) is 5.52. The SMILES string of the molecule is Clc1ccc(Sc2ncccc2CNC2CC2)cc1Cl. The van der Waals surface area contributed by atoms with Crippen molar-refractivity contribution in [2.75, 3.05) is 0 Å². The van der Waals surface area contributed by atoms with E-state index in [1.165, 1.54) is 18.4 Å². The Morgan fingerprint density at radius 3 is 2.80 bits per heavy atom. The largest absolute Gasteiger partial charge is 0.310 e. The lowest BCUT2D eigenvalue weighted by atomic mass is 10.3. The van der Waals surface area contributed by atoms with E-state index in [0.717, 1.165) is 16.5 Å². The van der Waals surface area contributed by atoms with Crippen LogP contribution in [0.5, 0.6) is 0 Å². The first-order valence-electron chi connectivity index (χ1n) is 6.52. The Morgan fingerprint density at radius 1 is 1.20 bits per heavy atom. The van der Waals surface area contributed by atoms with Gasteiger partial charge in [-0.15, -0.1) is 0 Å². The summed E-state index contributed by atoms with van der Waals surface area (Å²) < 4.78 is 0. The minimum absolute atomic E-state index is 0.574. The Morgan fingerprint density at radius 2 is 2.05 bits per heavy atom. The number of halogens is 2. The van der Waals surface area contributed by atoms with Crippen LogP contribution in [0.3, 0.4) is 0 Å². The fourth-order valence-corrected chi connectivity index (χ4v) is 3.13. The first-order valence-corrected chi connectivity index (χ1v) is 8.10. The third-order valence-corrected chi connectivity index (χ3v) is 4.90. The number of hydrogen-bond acceptors (Lipinski definition) is 3. The van der Waals surface area contributed by atoms with Crippen LogP contribution in [-0.2, 0) is 6.54 Å². The monoisotopic (exact) mass is 324 g/mol. The smallest absolute Gasteiger partial charge is 0.105 e. The summed E-state index contributed by atoms with van der Waals surface area (Å²) >= 11 is 13.6. The van der Waals surface area contributed by atoms with Gasteiger partial charge in [0.1, 0.15) is 5.03 Å². The molecule has 1 aromatic heterocycles. The van der Waals surface area contributed by atoms with Crippen molar-refractivity contribution in [3.8, 4) is 0 Å². The van der Waals surface area contributed by atoms with Crippen LogP contribution < -0.4 is 5.32 Å². The molecule has 0 unspecified atom stereocenters. The Labute approximate surface area is 132 Å². The minimum Gasteiger partial charge on any atom is -0.310 e. The van der Waals surface area contributed by atoms with E-state index in [1.807, 2.05) is 30.5 Å². The lowest BCUT2D eigenvalue weighted by Gasteiger charge is -2.09. The molecular weight excluding hydrogens is 311 g/mol. The van der Waals surface area contributed by atoms with Gasteiger partial charge in [-0.2, -0.15) is 0 Å². The minimum atomic E-state index is 0.574. The first kappa shape index (κ1) is 14.2. The van der Waals surface area contributed by atoms with Gasteiger partial charge in [-0.1, -0.05) is 41.0 Å². The van der Waals surface area contributed by atoms with Crippen LogP contribution in [0.2, 0.25) is 10.0 Å². The molecule has 5 heteroatoms. The van der Waals surface area contributed by atoms with Gasteiger partial charge < -0.3 is 5.32 Å². The highest BCUT2D eigenvalue weighted by atomic mass is 35.5. The average molecular weight is 325 g/mol. The van der Waals surface area contributed by atoms with Crippen LogP contribution in [0.4, 0.5) is 0 Å². The first-order chi connectivity index (χ1) is 9.72. The van der Waals surface area contributed by atoms with Gasteiger partial charge in [-0.3, -0.25) is 0 Å². The molecule has 0 amide bonds. The molecule has 1 saturated carbocycles. The van der Waals surface area contributed by atoms with E-state index in [9.17, 15) is 0 Å². The molecule has 1 fully saturated rings. The molecule has 0 spiro atoms. The maximum absolute atomic E-state index is 6.05. The summed E-state index contributed by atoms with van der Waals surface area (Å²) in [5.41, 5.74) is 1.22. The molecular formula is C15H14Cl2N2S. The van der Waals surface area contributed by atoms with Gasteiger partial charge >= 0.3 is 0 Å². The van der Waals surface area contributed by atoms with Crippen molar-refractivity contribution in [2.45, 2.75) is 35.3 Å². The Bertz CT molecular complexity index is 615. The summed E-state index contributed by atoms with van der Waals surface area (Å²) in [6, 6.07) is 10.4. The average Bonchev–Trinajstić information content (AvgIpc) is 3.26. The maximum Gasteiger partial charge on any atom is 0.105 e. The highest BCUT2D eigenvalue weighted by molar-refractivity contribution is 7.99. The van der Waals surface area contributed by atoms with Gasteiger partial charge in [0, 0.05) is 23.7 Å². The fourth-order valence-electron chi connectivity index (χ4n) is 1.84. The molecule has 1 aromatic carbocycles. The van der Waals surface area contributed by atoms with Crippen LogP contribution in [-0.4, -0.2) is 11.0 Å². The van der Waals surface area contributed by atoms with Gasteiger partial charge in [0.15, 0.2) is 0 Å². The number of rotatable bonds is 5. The van der Waals surface area contributed by atoms with Crippen LogP contribution in [0.15, 0.2) is 46.5 Å². The molecule has 104 valence electrons. The number of nitrogens with one attached hydrogen (secondary N) is 1. The van der Waals surface area contributed by atoms with E-state index in [0.29, 0.717) is 16.1 Å². The number of aromatic nitrogens is 1. The standard InChI is InChI=1S/C15H14Cl2N2S/c16-13-6-5-12(8-14(13)17)20-15-10(2-1-7-18-15)9-19-11-3-4-11/h1-2,5-8,11,19H,3-4,9H2. The summed E-state index contributed by atoms with van der Waals surface area (Å²) in [5, 5.41) is 5.68. The van der Waals surface area contributed by atoms with E-state index in [1.54, 1.807) is 11.8 Å². The zero-order valence-electron chi connectivity index (χ0n) is 10.8. The second kappa shape index (κ2) is 6.35. The van der Waals surface area contributed by atoms with Gasteiger partial charge in [0.2, 0.25) is 0 Å². The van der Waals surface area contributed by atoms with Gasteiger partial charge in [0.05, 0.1) is 10.0 Å². The van der Waals surface area contributed by atoms with Crippen molar-refractivity contribution >= 4 is 35.0 Å². The van der Waals surface area contributed by atoms with Crippen LogP contribution in [0, 0.1) is 0 Å². The molecule has 2 aromatic rings. The third kappa shape index (κ3) is 3.67. The van der Waals surface area contributed by atoms with E-state index >= 15 is 0 Å². The van der Waals surface area contributed by atoms with E-state index in [4.69, 9.17) is 23.2 Å². The molecule has 1 N–H and O–H groups in total. The van der Waals surface area contributed by atoms with Crippen molar-refractivity contribution < 1.29 is 0 Å². The van der Waals surface area contributed by atoms with E-state index in [2.05, 4.69) is 16.4 Å². The van der Waals surface area contributed by atoms with Crippen LogP contribution in [0.25, 0.3) is 0 Å². The highest BCUT2D eigenvalue weighted by Gasteiger charge is 2.20. The van der Waals surface area contributed by atoms with Gasteiger partial charge in [-0.05, 0) is 42.7 Å². The van der Waals surface area contributed by atoms with Crippen LogP contribution in [0.1, 0.15) is 18.4 Å². The van der Waals surface area contributed by atoms with Gasteiger partial charge in [0.25, 0.3) is 0 Å². The lowest BCUT2D eigenvalue weighted by Crippen LogP contribution is -2.16. The summed E-state index contributed by atoms with van der Waals surface area (Å²) in [7, 11) is 0. The molecule has 0 aliphatic heterocycles. The number of pyridine rings is 1. The number of hydrogen-bond donors (Lipinski definition) is 1. The van der Waals surface area contributed by atoms with Crippen molar-refractivity contribution in [1.29, 1.82) is 0 Å². The number of nitrogens with zero attached hydrogens (tertiary/aromatic N) is 1. The lowest BCUT2D eigenvalue weighted by molar-refractivity contribution is 0.675. The normalized spacial score (nSPS) is 14.5. The van der Waals surface area contributed by atoms with Crippen molar-refractivity contribution in [3.05, 3.63) is 52.1 Å². The molecule has 0 atom stereocenters. The molecule has 0 radical (unpaired) electrons. The van der Waals surface area contributed by atoms with Crippen molar-refractivity contribution in [1.82, 2.24) is 10.3 Å². The predicted molar refractivity (Wildman–Crippen MR) is 84.7 cm³/mol. The quantitative estimate of drug-likeness (QED) is 0.855. The Balaban J connectivity index is 1.76. The molecule has 0 bridgehead atoms. The zero-order valence-corrected chi connectivity index (χ0v) is 13.1. The molecule has 1 heterocycles. The fraction of sp³-hybridized carbons (Fsp3) is 0.267. The third-order valence-electron chi connectivity index (χ3n) is 3.11. The molecule has 2 nitrogen and oxygen atoms in total. The summed E-state index contributed by atoms with van der Waals surface area (Å²) in [6.07, 6.45) is 4.39. The van der Waals surface area contributed by atoms with Crippen molar-refractivity contribution in [3.63, 3.8) is 0 Å². The van der Waals surface area contributed by atoms with Gasteiger partial charge in [-0.25, -0.2) is 4.98 Å². The van der Waals surface area contributed by atoms with Crippen LogP contribution >= 0.6 is 35.0 Å². The molecule has 1 aliphatic carbocycles. The zero-order chi connectivity index (χ0) is 13.9. The van der Waals surface area contributed by atoms with Crippen molar-refractivity contribution in [2.24, 2.45) is 0 Å². The van der Waals surface area contributed by atoms with E-state index < -0.39 is 0 Å². The van der Waals surface area contributed by atoms with E-state index in [-0.39, 0.29) is 0 Å². The molecule has 20 heavy (non-hydrogen) atoms. The Kier molecular flexibility index (Phi) is 4.51. The summed E-state index contributed by atoms with van der Waals surface area (Å²) in [6.45, 7) is 0.863. The second-order valence-electron chi connectivity index (χ2n) is 4.80. The highest BCUT2D eigenvalue weighted by Crippen LogP contribution is 2.33. The summed E-state index contributed by atoms with van der Waals surface area (Å²) in [5.74, 6) is 0. The molecule has 3 rings (SSSR count). The Hall–Kier alpha value is -0.740. The topological polar surface area (TPSA) is 24.9 Å². The molecule has 1 aliphatic rings. The second-order valence-corrected chi connectivity index (χ2v) is 6.68. The molecule has 0 saturated heterocycles. The predicted octanol–water partition coefficient (Wildman–Crippen LogP) is 4.79. The maximum atomic E-state index is 6.05.